The molecule has 1 aromatic carbocycles. The van der Waals surface area contributed by atoms with E-state index in [2.05, 4.69) is 74.3 Å². The van der Waals surface area contributed by atoms with E-state index in [1.807, 2.05) is 12.4 Å². The fourth-order valence-corrected chi connectivity index (χ4v) is 2.90. The first kappa shape index (κ1) is 14.3. The monoisotopic (exact) mass is 343 g/mol. The molecule has 2 heterocycles. The molecule has 0 bridgehead atoms. The minimum atomic E-state index is 0.834. The SMILES string of the molecule is CCNCc1ccc2ccn(Cc3cncc(Br)c3)c2c1. The summed E-state index contributed by atoms with van der Waals surface area (Å²) < 4.78 is 3.29. The van der Waals surface area contributed by atoms with Crippen molar-refractivity contribution in [1.82, 2.24) is 14.9 Å². The molecule has 0 aliphatic carbocycles. The number of benzene rings is 1. The first-order chi connectivity index (χ1) is 10.3. The molecule has 2 aromatic heterocycles. The molecule has 0 amide bonds. The van der Waals surface area contributed by atoms with Gasteiger partial charge in [-0.05, 0) is 57.2 Å². The zero-order chi connectivity index (χ0) is 14.7. The Labute approximate surface area is 133 Å². The molecule has 0 fully saturated rings. The zero-order valence-corrected chi connectivity index (χ0v) is 13.6. The topological polar surface area (TPSA) is 29.9 Å². The van der Waals surface area contributed by atoms with Crippen molar-refractivity contribution in [2.24, 2.45) is 0 Å². The number of pyridine rings is 1. The van der Waals surface area contributed by atoms with E-state index in [0.29, 0.717) is 0 Å². The largest absolute Gasteiger partial charge is 0.343 e. The van der Waals surface area contributed by atoms with Crippen LogP contribution in [-0.2, 0) is 13.1 Å². The molecule has 21 heavy (non-hydrogen) atoms. The fraction of sp³-hybridized carbons (Fsp3) is 0.235. The van der Waals surface area contributed by atoms with Gasteiger partial charge in [0.25, 0.3) is 0 Å². The predicted octanol–water partition coefficient (Wildman–Crippen LogP) is 3.96. The molecular weight excluding hydrogens is 326 g/mol. The van der Waals surface area contributed by atoms with Crippen molar-refractivity contribution >= 4 is 26.8 Å². The van der Waals surface area contributed by atoms with Crippen molar-refractivity contribution in [3.05, 3.63) is 64.5 Å². The van der Waals surface area contributed by atoms with Crippen LogP contribution in [0.2, 0.25) is 0 Å². The molecule has 1 N–H and O–H groups in total. The summed E-state index contributed by atoms with van der Waals surface area (Å²) in [6.07, 6.45) is 5.87. The minimum absolute atomic E-state index is 0.834. The molecule has 3 rings (SSSR count). The first-order valence-corrected chi connectivity index (χ1v) is 7.93. The van der Waals surface area contributed by atoms with Gasteiger partial charge in [0.05, 0.1) is 0 Å². The van der Waals surface area contributed by atoms with E-state index in [4.69, 9.17) is 0 Å². The average Bonchev–Trinajstić information content (AvgIpc) is 2.88. The van der Waals surface area contributed by atoms with E-state index in [1.165, 1.54) is 22.0 Å². The molecule has 108 valence electrons. The second-order valence-corrected chi connectivity index (χ2v) is 6.04. The second kappa shape index (κ2) is 6.41. The molecule has 0 saturated carbocycles. The van der Waals surface area contributed by atoms with Gasteiger partial charge < -0.3 is 9.88 Å². The van der Waals surface area contributed by atoms with Gasteiger partial charge in [-0.25, -0.2) is 0 Å². The summed E-state index contributed by atoms with van der Waals surface area (Å²) in [7, 11) is 0. The van der Waals surface area contributed by atoms with E-state index in [9.17, 15) is 0 Å². The van der Waals surface area contributed by atoms with Crippen LogP contribution in [-0.4, -0.2) is 16.1 Å². The number of fused-ring (bicyclic) bond motifs is 1. The van der Waals surface area contributed by atoms with Gasteiger partial charge in [-0.15, -0.1) is 0 Å². The van der Waals surface area contributed by atoms with Crippen molar-refractivity contribution in [2.75, 3.05) is 6.54 Å². The summed E-state index contributed by atoms with van der Waals surface area (Å²) in [4.78, 5) is 4.23. The molecule has 3 nitrogen and oxygen atoms in total. The van der Waals surface area contributed by atoms with Gasteiger partial charge in [-0.3, -0.25) is 4.98 Å². The molecule has 0 atom stereocenters. The van der Waals surface area contributed by atoms with Crippen molar-refractivity contribution in [3.63, 3.8) is 0 Å². The Morgan fingerprint density at radius 1 is 1.14 bits per heavy atom. The lowest BCUT2D eigenvalue weighted by atomic mass is 10.1. The molecule has 0 aliphatic rings. The molecule has 4 heteroatoms. The van der Waals surface area contributed by atoms with Crippen molar-refractivity contribution in [2.45, 2.75) is 20.0 Å². The van der Waals surface area contributed by atoms with Crippen LogP contribution >= 0.6 is 15.9 Å². The smallest absolute Gasteiger partial charge is 0.0491 e. The summed E-state index contributed by atoms with van der Waals surface area (Å²) in [6, 6.07) is 10.9. The van der Waals surface area contributed by atoms with E-state index < -0.39 is 0 Å². The maximum Gasteiger partial charge on any atom is 0.0491 e. The number of halogens is 1. The van der Waals surface area contributed by atoms with Crippen LogP contribution in [0.4, 0.5) is 0 Å². The molecule has 0 spiro atoms. The van der Waals surface area contributed by atoms with E-state index in [1.54, 1.807) is 0 Å². The maximum absolute atomic E-state index is 4.23. The fourth-order valence-electron chi connectivity index (χ4n) is 2.49. The minimum Gasteiger partial charge on any atom is -0.343 e. The number of nitrogens with zero attached hydrogens (tertiary/aromatic N) is 2. The lowest BCUT2D eigenvalue weighted by molar-refractivity contribution is 0.726. The summed E-state index contributed by atoms with van der Waals surface area (Å²) in [5.74, 6) is 0. The highest BCUT2D eigenvalue weighted by atomic mass is 79.9. The van der Waals surface area contributed by atoms with Gasteiger partial charge in [0, 0.05) is 41.7 Å². The van der Waals surface area contributed by atoms with Crippen LogP contribution in [0, 0.1) is 0 Å². The molecule has 3 aromatic rings. The summed E-state index contributed by atoms with van der Waals surface area (Å²) >= 11 is 3.48. The van der Waals surface area contributed by atoms with Crippen LogP contribution in [0.3, 0.4) is 0 Å². The lowest BCUT2D eigenvalue weighted by Crippen LogP contribution is -2.11. The highest BCUT2D eigenvalue weighted by molar-refractivity contribution is 9.10. The van der Waals surface area contributed by atoms with E-state index in [0.717, 1.165) is 24.1 Å². The predicted molar refractivity (Wildman–Crippen MR) is 90.4 cm³/mol. The molecular formula is C17H18BrN3. The Morgan fingerprint density at radius 3 is 2.86 bits per heavy atom. The molecule has 0 aliphatic heterocycles. The van der Waals surface area contributed by atoms with Crippen LogP contribution in [0.1, 0.15) is 18.1 Å². The number of nitrogens with one attached hydrogen (secondary N) is 1. The quantitative estimate of drug-likeness (QED) is 0.759. The van der Waals surface area contributed by atoms with Crippen molar-refractivity contribution < 1.29 is 0 Å². The number of rotatable bonds is 5. The second-order valence-electron chi connectivity index (χ2n) is 5.13. The van der Waals surface area contributed by atoms with Gasteiger partial charge >= 0.3 is 0 Å². The summed E-state index contributed by atoms with van der Waals surface area (Å²) in [5, 5.41) is 4.65. The van der Waals surface area contributed by atoms with Crippen LogP contribution in [0.25, 0.3) is 10.9 Å². The Kier molecular flexibility index (Phi) is 4.36. The average molecular weight is 344 g/mol. The zero-order valence-electron chi connectivity index (χ0n) is 12.0. The van der Waals surface area contributed by atoms with Crippen molar-refractivity contribution in [3.8, 4) is 0 Å². The number of hydrogen-bond donors (Lipinski definition) is 1. The van der Waals surface area contributed by atoms with Crippen LogP contribution in [0.5, 0.6) is 0 Å². The summed E-state index contributed by atoms with van der Waals surface area (Å²) in [5.41, 5.74) is 3.78. The van der Waals surface area contributed by atoms with E-state index in [-0.39, 0.29) is 0 Å². The highest BCUT2D eigenvalue weighted by Crippen LogP contribution is 2.20. The van der Waals surface area contributed by atoms with Crippen LogP contribution in [0.15, 0.2) is 53.4 Å². The van der Waals surface area contributed by atoms with Gasteiger partial charge in [-0.1, -0.05) is 19.1 Å². The van der Waals surface area contributed by atoms with Crippen molar-refractivity contribution in [1.29, 1.82) is 0 Å². The summed E-state index contributed by atoms with van der Waals surface area (Å²) in [6.45, 7) is 4.86. The normalized spacial score (nSPS) is 11.1. The Balaban J connectivity index is 1.91. The standard InChI is InChI=1S/C17H18BrN3/c1-2-19-9-13-3-4-15-5-6-21(17(15)8-13)12-14-7-16(18)11-20-10-14/h3-8,10-11,19H,2,9,12H2,1H3. The molecule has 0 saturated heterocycles. The van der Waals surface area contributed by atoms with Gasteiger partial charge in [-0.2, -0.15) is 0 Å². The Morgan fingerprint density at radius 2 is 2.05 bits per heavy atom. The van der Waals surface area contributed by atoms with Gasteiger partial charge in [0.2, 0.25) is 0 Å². The van der Waals surface area contributed by atoms with Gasteiger partial charge in [0.1, 0.15) is 0 Å². The first-order valence-electron chi connectivity index (χ1n) is 7.14. The molecule has 0 radical (unpaired) electrons. The maximum atomic E-state index is 4.23. The third-order valence-corrected chi connectivity index (χ3v) is 3.97. The van der Waals surface area contributed by atoms with Gasteiger partial charge in [0.15, 0.2) is 0 Å². The third-order valence-electron chi connectivity index (χ3n) is 3.53. The third kappa shape index (κ3) is 3.34. The Hall–Kier alpha value is -1.65. The lowest BCUT2D eigenvalue weighted by Gasteiger charge is -2.08. The number of aromatic nitrogens is 2. The number of hydrogen-bond acceptors (Lipinski definition) is 2. The van der Waals surface area contributed by atoms with Crippen LogP contribution < -0.4 is 5.32 Å². The molecule has 0 unspecified atom stereocenters. The Bertz CT molecular complexity index is 749. The highest BCUT2D eigenvalue weighted by Gasteiger charge is 2.04. The van der Waals surface area contributed by atoms with E-state index >= 15 is 0 Å².